The van der Waals surface area contributed by atoms with Crippen LogP contribution in [0.15, 0.2) is 60.2 Å². The number of aliphatic hydroxyl groups is 1. The third-order valence-corrected chi connectivity index (χ3v) is 18.5. The van der Waals surface area contributed by atoms with E-state index in [1.807, 2.05) is 56.2 Å². The molecule has 27 heteroatoms. The highest BCUT2D eigenvalue weighted by Crippen LogP contribution is 2.49. The number of ketones is 1. The van der Waals surface area contributed by atoms with E-state index in [0.717, 1.165) is 39.6 Å². The van der Waals surface area contributed by atoms with Crippen LogP contribution in [-0.2, 0) is 78.6 Å². The molecule has 1 unspecified atom stereocenters. The number of aryl methyl sites for hydroxylation is 2. The average Bonchev–Trinajstić information content (AvgIpc) is 1.58. The van der Waals surface area contributed by atoms with E-state index < -0.39 is 89.6 Å². The zero-order valence-electron chi connectivity index (χ0n) is 54.3. The highest BCUT2D eigenvalue weighted by molar-refractivity contribution is 7.98. The number of halogens is 1. The van der Waals surface area contributed by atoms with Crippen molar-refractivity contribution in [2.45, 2.75) is 178 Å². The molecule has 2 fully saturated rings. The number of alkyl carbamates (subject to hydrolysis) is 1. The number of fused-ring (bicyclic) bond motifs is 5. The highest BCUT2D eigenvalue weighted by Gasteiger charge is 2.64. The van der Waals surface area contributed by atoms with Crippen LogP contribution >= 0.6 is 35.1 Å². The van der Waals surface area contributed by atoms with E-state index in [-0.39, 0.29) is 73.6 Å². The number of hydrogen-bond donors (Lipinski definition) is 6. The Balaban J connectivity index is 1.08. The van der Waals surface area contributed by atoms with Gasteiger partial charge in [-0.05, 0) is 113 Å². The number of Topliss-reactive ketones (excluding diaryl/α,β-unsaturated/α-hetero) is 1. The second-order valence-corrected chi connectivity index (χ2v) is 26.3. The maximum Gasteiger partial charge on any atom is 0.409 e. The van der Waals surface area contributed by atoms with Crippen molar-refractivity contribution in [3.63, 3.8) is 0 Å². The van der Waals surface area contributed by atoms with Gasteiger partial charge in [-0.1, -0.05) is 73.5 Å². The summed E-state index contributed by atoms with van der Waals surface area (Å²) in [5.74, 6) is -2.49. The molecule has 500 valence electrons. The van der Waals surface area contributed by atoms with E-state index in [9.17, 15) is 43.5 Å². The Bertz CT molecular complexity index is 3130. The SMILES string of the molecule is COc1cc2cc(c1Cl)N(C)C(=O)C[C@H](OC(=O)[C@H](C)N(C)C(=O)CCCc1ccc(NC(=O)[C@H](CCCNC(N)=O)CC(=O)[C@@H](NC(=O)CCCn3nnc(CSC)c3CSC)C(C)C)cc1)[C@]1(C)OC1[C@H](C)[C@@H]1C[C@@](O)(NC(=O)O1)[C@H](OC)/C=C/C=C(\C)C2. The first-order chi connectivity index (χ1) is 43.2. The minimum atomic E-state index is -1.89. The molecule has 2 aromatic carbocycles. The normalized spacial score (nSPS) is 23.6. The molecule has 4 bridgehead atoms. The first-order valence-electron chi connectivity index (χ1n) is 30.7. The van der Waals surface area contributed by atoms with E-state index in [1.165, 1.54) is 38.0 Å². The number of hydrogen-bond acceptors (Lipinski definition) is 18. The van der Waals surface area contributed by atoms with Crippen molar-refractivity contribution >= 4 is 94.0 Å². The molecule has 0 saturated carbocycles. The molecule has 7 N–H and O–H groups in total. The van der Waals surface area contributed by atoms with Gasteiger partial charge in [-0.3, -0.25) is 29.3 Å². The summed E-state index contributed by atoms with van der Waals surface area (Å²) in [5, 5.41) is 31.6. The summed E-state index contributed by atoms with van der Waals surface area (Å²) in [4.78, 5) is 111. The van der Waals surface area contributed by atoms with Crippen LogP contribution in [0.4, 0.5) is 21.0 Å². The van der Waals surface area contributed by atoms with E-state index in [1.54, 1.807) is 80.8 Å². The number of methoxy groups -OCH3 is 2. The number of nitrogens with one attached hydrogen (secondary N) is 4. The zero-order valence-corrected chi connectivity index (χ0v) is 56.7. The summed E-state index contributed by atoms with van der Waals surface area (Å²) in [6.45, 7) is 11.3. The third kappa shape index (κ3) is 19.9. The fraction of sp³-hybridized carbons (Fsp3) is 0.594. The molecule has 1 aromatic heterocycles. The van der Waals surface area contributed by atoms with Crippen LogP contribution in [-0.4, -0.2) is 168 Å². The molecule has 3 aliphatic heterocycles. The van der Waals surface area contributed by atoms with Crippen LogP contribution in [0.1, 0.15) is 122 Å². The number of carbonyl (C=O) groups is 8. The van der Waals surface area contributed by atoms with Gasteiger partial charge in [0.05, 0.1) is 42.8 Å². The first kappa shape index (κ1) is 73.3. The summed E-state index contributed by atoms with van der Waals surface area (Å²) < 4.78 is 31.5. The largest absolute Gasteiger partial charge is 0.495 e. The molecule has 3 aliphatic rings. The summed E-state index contributed by atoms with van der Waals surface area (Å²) in [5.41, 5.74) is 7.38. The quantitative estimate of drug-likeness (QED) is 0.0234. The number of carbonyl (C=O) groups excluding carboxylic acids is 8. The number of urea groups is 1. The Hall–Kier alpha value is -6.71. The van der Waals surface area contributed by atoms with Crippen LogP contribution in [0.3, 0.4) is 0 Å². The first-order valence-corrected chi connectivity index (χ1v) is 33.8. The van der Waals surface area contributed by atoms with Gasteiger partial charge in [-0.25, -0.2) is 19.1 Å². The summed E-state index contributed by atoms with van der Waals surface area (Å²) in [6, 6.07) is 7.95. The molecule has 0 spiro atoms. The number of thioether (sulfide) groups is 2. The van der Waals surface area contributed by atoms with Crippen LogP contribution in [0.25, 0.3) is 0 Å². The number of aromatic nitrogens is 3. The summed E-state index contributed by atoms with van der Waals surface area (Å²) in [7, 11) is 5.93. The van der Waals surface area contributed by atoms with E-state index in [2.05, 4.69) is 31.6 Å². The third-order valence-electron chi connectivity index (χ3n) is 17.0. The maximum atomic E-state index is 14.5. The average molecular weight is 1320 g/mol. The highest BCUT2D eigenvalue weighted by atomic mass is 35.5. The Morgan fingerprint density at radius 2 is 1.74 bits per heavy atom. The van der Waals surface area contributed by atoms with Gasteiger partial charge in [0, 0.05) is 89.0 Å². The van der Waals surface area contributed by atoms with E-state index in [0.29, 0.717) is 55.8 Å². The van der Waals surface area contributed by atoms with Crippen LogP contribution in [0.2, 0.25) is 5.02 Å². The predicted octanol–water partition coefficient (Wildman–Crippen LogP) is 7.44. The number of ether oxygens (including phenoxy) is 5. The predicted molar refractivity (Wildman–Crippen MR) is 349 cm³/mol. The topological polar surface area (TPSA) is 318 Å². The molecule has 6 rings (SSSR count). The molecule has 0 radical (unpaired) electrons. The molecular formula is C64H91ClN10O14S2. The van der Waals surface area contributed by atoms with Gasteiger partial charge >= 0.3 is 18.1 Å². The lowest BCUT2D eigenvalue weighted by Gasteiger charge is -2.42. The van der Waals surface area contributed by atoms with Crippen LogP contribution in [0.5, 0.6) is 5.75 Å². The van der Waals surface area contributed by atoms with Crippen molar-refractivity contribution in [3.8, 4) is 5.75 Å². The number of nitrogens with zero attached hydrogens (tertiary/aromatic N) is 5. The summed E-state index contributed by atoms with van der Waals surface area (Å²) in [6.07, 6.45) is 6.40. The van der Waals surface area contributed by atoms with Gasteiger partial charge in [-0.15, -0.1) is 5.10 Å². The lowest BCUT2D eigenvalue weighted by Crippen LogP contribution is -2.63. The number of primary amides is 1. The maximum absolute atomic E-state index is 14.5. The number of epoxide rings is 1. The molecule has 4 heterocycles. The Morgan fingerprint density at radius 3 is 2.40 bits per heavy atom. The van der Waals surface area contributed by atoms with Crippen LogP contribution < -0.4 is 36.6 Å². The molecule has 3 aromatic rings. The van der Waals surface area contributed by atoms with Gasteiger partial charge in [-0.2, -0.15) is 23.5 Å². The van der Waals surface area contributed by atoms with E-state index >= 15 is 0 Å². The molecule has 91 heavy (non-hydrogen) atoms. The van der Waals surface area contributed by atoms with Crippen molar-refractivity contribution in [2.75, 3.05) is 57.6 Å². The van der Waals surface area contributed by atoms with Gasteiger partial charge in [0.15, 0.2) is 11.5 Å². The standard InChI is InChI=1S/C64H91ClN10O14S2/c1-37(2)57(69-53(77)21-16-28-75-47(36-91-12)45(35-90-11)71-72-75)48(76)32-43(19-15-27-67-61(66)82)59(80)68-44-25-23-41(24-26-44)18-14-22-54(78)73(7)40(5)60(81)88-52-33-55(79)74(8)46-30-42(31-49(85-9)56(46)65)29-38(3)17-13-20-51(86-10)64(84)34-50(87-62(83)70-64)39(4)58-63(52,6)89-58/h13,17,20,23-26,30-31,37,39-40,43,50-52,57-58,84H,14-16,18-19,21-22,27-29,32-36H2,1-12H3,(H,68,80)(H,69,77)(H,70,83)(H3,66,67,82)/b20-13+,38-17+/t39-,40+,43-,50+,51-,52+,57+,58?,63+,64+/m1/s1. The lowest BCUT2D eigenvalue weighted by atomic mass is 9.83. The fourth-order valence-corrected chi connectivity index (χ4v) is 12.8. The number of rotatable bonds is 28. The molecule has 10 atom stereocenters. The Kier molecular flexibility index (Phi) is 27.2. The number of nitrogens with two attached hydrogens (primary N) is 1. The van der Waals surface area contributed by atoms with Crippen molar-refractivity contribution in [1.82, 2.24) is 35.8 Å². The van der Waals surface area contributed by atoms with Gasteiger partial charge in [0.25, 0.3) is 0 Å². The zero-order chi connectivity index (χ0) is 66.9. The second kappa shape index (κ2) is 33.7. The summed E-state index contributed by atoms with van der Waals surface area (Å²) >= 11 is 10.2. The number of amides is 7. The van der Waals surface area contributed by atoms with Crippen molar-refractivity contribution in [2.24, 2.45) is 23.5 Å². The van der Waals surface area contributed by atoms with Crippen molar-refractivity contribution in [1.29, 1.82) is 0 Å². The molecular weight excluding hydrogens is 1230 g/mol. The molecule has 0 aliphatic carbocycles. The Morgan fingerprint density at radius 1 is 1.02 bits per heavy atom. The van der Waals surface area contributed by atoms with Crippen molar-refractivity contribution < 1.29 is 67.1 Å². The second-order valence-electron chi connectivity index (χ2n) is 24.2. The Labute approximate surface area is 546 Å². The van der Waals surface area contributed by atoms with Gasteiger partial charge in [0.1, 0.15) is 40.7 Å². The number of likely N-dealkylation sites (N-methyl/N-ethyl adjacent to an activating group) is 1. The number of esters is 1. The number of benzene rings is 2. The van der Waals surface area contributed by atoms with Crippen LogP contribution in [0, 0.1) is 17.8 Å². The monoisotopic (exact) mass is 1320 g/mol. The molecule has 2 saturated heterocycles. The minimum absolute atomic E-state index is 0.0545. The lowest BCUT2D eigenvalue weighted by molar-refractivity contribution is -0.162. The number of allylic oxidation sites excluding steroid dienone is 3. The van der Waals surface area contributed by atoms with Gasteiger partial charge in [0.2, 0.25) is 23.6 Å². The minimum Gasteiger partial charge on any atom is -0.495 e. The van der Waals surface area contributed by atoms with Gasteiger partial charge < -0.3 is 60.3 Å². The molecule has 24 nitrogen and oxygen atoms in total. The molecule has 7 amide bonds. The smallest absolute Gasteiger partial charge is 0.409 e. The fourth-order valence-electron chi connectivity index (χ4n) is 11.4. The number of anilines is 2. The van der Waals surface area contributed by atoms with Crippen molar-refractivity contribution in [3.05, 3.63) is 87.7 Å². The van der Waals surface area contributed by atoms with E-state index in [4.69, 9.17) is 41.0 Å².